The van der Waals surface area contributed by atoms with E-state index in [-0.39, 0.29) is 20.6 Å². The summed E-state index contributed by atoms with van der Waals surface area (Å²) >= 11 is 0. The number of benzene rings is 4. The first-order valence-electron chi connectivity index (χ1n) is 13.4. The molecule has 4 aromatic rings. The zero-order chi connectivity index (χ0) is 27.7. The van der Waals surface area contributed by atoms with Gasteiger partial charge in [0.05, 0.1) is 16.9 Å². The van der Waals surface area contributed by atoms with Crippen molar-refractivity contribution in [3.8, 4) is 17.2 Å². The molecule has 4 aromatic carbocycles. The van der Waals surface area contributed by atoms with Crippen molar-refractivity contribution in [3.63, 3.8) is 0 Å². The Morgan fingerprint density at radius 1 is 0.667 bits per heavy atom. The Morgan fingerprint density at radius 2 is 1.15 bits per heavy atom. The molecule has 1 aliphatic carbocycles. The van der Waals surface area contributed by atoms with Gasteiger partial charge in [-0.05, 0) is 102 Å². The van der Waals surface area contributed by atoms with E-state index in [1.165, 1.54) is 17.5 Å². The molecular formula is C34H36O4S. The van der Waals surface area contributed by atoms with E-state index in [9.17, 15) is 8.42 Å². The summed E-state index contributed by atoms with van der Waals surface area (Å²) in [7, 11) is -1.86. The van der Waals surface area contributed by atoms with Crippen LogP contribution in [0.25, 0.3) is 0 Å². The minimum Gasteiger partial charge on any atom is -0.497 e. The number of rotatable bonds is 7. The van der Waals surface area contributed by atoms with Crippen LogP contribution in [-0.4, -0.2) is 15.5 Å². The average Bonchev–Trinajstić information content (AvgIpc) is 2.93. The minimum atomic E-state index is -3.56. The summed E-state index contributed by atoms with van der Waals surface area (Å²) in [5.74, 6) is 2.76. The lowest BCUT2D eigenvalue weighted by atomic mass is 9.55. The Labute approximate surface area is 232 Å². The monoisotopic (exact) mass is 540 g/mol. The summed E-state index contributed by atoms with van der Waals surface area (Å²) in [6.07, 6.45) is 3.36. The summed E-state index contributed by atoms with van der Waals surface area (Å²) in [6, 6.07) is 32.0. The van der Waals surface area contributed by atoms with E-state index < -0.39 is 9.84 Å². The van der Waals surface area contributed by atoms with Crippen LogP contribution in [0.3, 0.4) is 0 Å². The highest BCUT2D eigenvalue weighted by Crippen LogP contribution is 2.53. The van der Waals surface area contributed by atoms with Crippen molar-refractivity contribution in [1.82, 2.24) is 0 Å². The van der Waals surface area contributed by atoms with Gasteiger partial charge in [-0.3, -0.25) is 0 Å². The van der Waals surface area contributed by atoms with Gasteiger partial charge in [-0.15, -0.1) is 0 Å². The summed E-state index contributed by atoms with van der Waals surface area (Å²) in [6.45, 7) is 7.11. The fourth-order valence-electron chi connectivity index (χ4n) is 6.49. The molecule has 0 radical (unpaired) electrons. The molecule has 0 saturated heterocycles. The summed E-state index contributed by atoms with van der Waals surface area (Å²) in [5, 5.41) is 0. The largest absolute Gasteiger partial charge is 0.497 e. The van der Waals surface area contributed by atoms with Gasteiger partial charge in [-0.1, -0.05) is 63.2 Å². The lowest BCUT2D eigenvalue weighted by Crippen LogP contribution is -2.41. The molecule has 1 aliphatic rings. The van der Waals surface area contributed by atoms with Gasteiger partial charge in [-0.2, -0.15) is 0 Å². The third kappa shape index (κ3) is 5.60. The quantitative estimate of drug-likeness (QED) is 0.236. The third-order valence-corrected chi connectivity index (χ3v) is 9.64. The molecule has 5 rings (SSSR count). The second kappa shape index (κ2) is 10.5. The Kier molecular flexibility index (Phi) is 7.30. The van der Waals surface area contributed by atoms with Gasteiger partial charge < -0.3 is 9.47 Å². The van der Waals surface area contributed by atoms with Crippen molar-refractivity contribution in [2.75, 3.05) is 7.11 Å². The Bertz CT molecular complexity index is 1510. The smallest absolute Gasteiger partial charge is 0.206 e. The molecule has 4 nitrogen and oxygen atoms in total. The zero-order valence-electron chi connectivity index (χ0n) is 23.1. The molecule has 0 N–H and O–H groups in total. The molecule has 0 heterocycles. The predicted molar refractivity (Wildman–Crippen MR) is 155 cm³/mol. The highest BCUT2D eigenvalue weighted by atomic mass is 32.2. The van der Waals surface area contributed by atoms with E-state index in [1.807, 2.05) is 12.1 Å². The van der Waals surface area contributed by atoms with Gasteiger partial charge >= 0.3 is 0 Å². The number of hydrogen-bond acceptors (Lipinski definition) is 4. The molecule has 1 saturated carbocycles. The summed E-state index contributed by atoms with van der Waals surface area (Å²) in [5.41, 5.74) is 2.71. The second-order valence-electron chi connectivity index (χ2n) is 11.6. The topological polar surface area (TPSA) is 52.6 Å². The molecule has 0 bridgehead atoms. The highest BCUT2D eigenvalue weighted by Gasteiger charge is 2.45. The van der Waals surface area contributed by atoms with E-state index in [1.54, 1.807) is 61.7 Å². The van der Waals surface area contributed by atoms with Crippen molar-refractivity contribution in [2.24, 2.45) is 11.3 Å². The van der Waals surface area contributed by atoms with Gasteiger partial charge in [0.2, 0.25) is 9.84 Å². The Hall–Kier alpha value is -3.57. The van der Waals surface area contributed by atoms with Crippen LogP contribution in [0.4, 0.5) is 0 Å². The van der Waals surface area contributed by atoms with Crippen LogP contribution in [0.2, 0.25) is 0 Å². The maximum Gasteiger partial charge on any atom is 0.206 e. The summed E-state index contributed by atoms with van der Waals surface area (Å²) in [4.78, 5) is 0.520. The minimum absolute atomic E-state index is 0.0978. The Morgan fingerprint density at radius 3 is 1.67 bits per heavy atom. The van der Waals surface area contributed by atoms with E-state index in [0.717, 1.165) is 18.6 Å². The van der Waals surface area contributed by atoms with Gasteiger partial charge in [-0.25, -0.2) is 8.42 Å². The zero-order valence-corrected chi connectivity index (χ0v) is 23.9. The lowest BCUT2D eigenvalue weighted by molar-refractivity contribution is 0.127. The second-order valence-corrected chi connectivity index (χ2v) is 13.5. The molecule has 39 heavy (non-hydrogen) atoms. The van der Waals surface area contributed by atoms with E-state index >= 15 is 0 Å². The Balaban J connectivity index is 1.40. The first-order chi connectivity index (χ1) is 18.6. The van der Waals surface area contributed by atoms with Crippen molar-refractivity contribution in [1.29, 1.82) is 0 Å². The van der Waals surface area contributed by atoms with E-state index in [0.29, 0.717) is 17.4 Å². The first kappa shape index (κ1) is 27.0. The molecule has 2 atom stereocenters. The van der Waals surface area contributed by atoms with Crippen molar-refractivity contribution < 1.29 is 17.9 Å². The van der Waals surface area contributed by atoms with Crippen LogP contribution in [0.15, 0.2) is 113 Å². The van der Waals surface area contributed by atoms with E-state index in [2.05, 4.69) is 57.2 Å². The fraction of sp³-hybridized carbons (Fsp3) is 0.294. The molecule has 202 valence electrons. The average molecular weight is 541 g/mol. The first-order valence-corrected chi connectivity index (χ1v) is 14.9. The van der Waals surface area contributed by atoms with Gasteiger partial charge in [0.1, 0.15) is 17.2 Å². The molecular weight excluding hydrogens is 504 g/mol. The molecule has 0 amide bonds. The third-order valence-electron chi connectivity index (χ3n) is 7.85. The van der Waals surface area contributed by atoms with Crippen LogP contribution in [0, 0.1) is 11.3 Å². The van der Waals surface area contributed by atoms with Crippen LogP contribution in [-0.2, 0) is 15.3 Å². The molecule has 1 fully saturated rings. The van der Waals surface area contributed by atoms with Crippen LogP contribution in [0.1, 0.15) is 51.2 Å². The standard InChI is InChI=1S/C34H36O4S/c1-25-22-33(2,3)24-34(23-25,26-10-14-28(37-4)15-11-26)27-12-16-29(17-13-27)38-30-18-20-32(21-19-30)39(35,36)31-8-6-5-7-9-31/h5-21,25H,22-24H2,1-4H3. The van der Waals surface area contributed by atoms with Crippen LogP contribution < -0.4 is 9.47 Å². The highest BCUT2D eigenvalue weighted by molar-refractivity contribution is 7.91. The molecule has 0 aromatic heterocycles. The van der Waals surface area contributed by atoms with Crippen molar-refractivity contribution in [3.05, 3.63) is 114 Å². The van der Waals surface area contributed by atoms with Gasteiger partial charge in [0.25, 0.3) is 0 Å². The fourth-order valence-corrected chi connectivity index (χ4v) is 7.77. The van der Waals surface area contributed by atoms with Crippen LogP contribution in [0.5, 0.6) is 17.2 Å². The van der Waals surface area contributed by atoms with Crippen molar-refractivity contribution >= 4 is 9.84 Å². The maximum absolute atomic E-state index is 12.9. The molecule has 0 aliphatic heterocycles. The summed E-state index contributed by atoms with van der Waals surface area (Å²) < 4.78 is 37.3. The molecule has 5 heteroatoms. The molecule has 0 spiro atoms. The number of sulfone groups is 1. The van der Waals surface area contributed by atoms with Crippen LogP contribution >= 0.6 is 0 Å². The number of methoxy groups -OCH3 is 1. The van der Waals surface area contributed by atoms with Crippen molar-refractivity contribution in [2.45, 2.75) is 55.2 Å². The predicted octanol–water partition coefficient (Wildman–Crippen LogP) is 8.45. The molecule has 2 unspecified atom stereocenters. The normalized spacial score (nSPS) is 20.8. The SMILES string of the molecule is COc1ccc(C2(c3ccc(Oc4ccc(S(=O)(=O)c5ccccc5)cc4)cc3)CC(C)CC(C)(C)C2)cc1. The number of hydrogen-bond donors (Lipinski definition) is 0. The maximum atomic E-state index is 12.9. The van der Waals surface area contributed by atoms with Gasteiger partial charge in [0.15, 0.2) is 0 Å². The van der Waals surface area contributed by atoms with E-state index in [4.69, 9.17) is 9.47 Å². The van der Waals surface area contributed by atoms with Gasteiger partial charge in [0, 0.05) is 5.41 Å². The number of ether oxygens (including phenoxy) is 2. The lowest BCUT2D eigenvalue weighted by Gasteiger charge is -2.48.